The third-order valence-corrected chi connectivity index (χ3v) is 4.32. The van der Waals surface area contributed by atoms with Crippen LogP contribution in [0.4, 0.5) is 5.13 Å². The fourth-order valence-corrected chi connectivity index (χ4v) is 3.09. The van der Waals surface area contributed by atoms with Crippen molar-refractivity contribution in [1.29, 1.82) is 0 Å². The molecule has 1 aliphatic heterocycles. The molecule has 104 valence electrons. The predicted molar refractivity (Wildman–Crippen MR) is 78.3 cm³/mol. The molecule has 1 aromatic heterocycles. The molecule has 0 spiro atoms. The summed E-state index contributed by atoms with van der Waals surface area (Å²) in [5.74, 6) is 0. The number of likely N-dealkylation sites (tertiary alicyclic amines) is 1. The van der Waals surface area contributed by atoms with Gasteiger partial charge in [0.2, 0.25) is 0 Å². The molecule has 0 radical (unpaired) electrons. The van der Waals surface area contributed by atoms with Gasteiger partial charge < -0.3 is 10.5 Å². The minimum absolute atomic E-state index is 0. The Morgan fingerprint density at radius 1 is 1.50 bits per heavy atom. The topological polar surface area (TPSA) is 51.4 Å². The molecule has 0 amide bonds. The number of anilines is 1. The molecule has 0 saturated carbocycles. The maximum absolute atomic E-state index is 5.64. The normalized spacial score (nSPS) is 19.4. The first-order chi connectivity index (χ1) is 8.11. The van der Waals surface area contributed by atoms with Crippen LogP contribution < -0.4 is 5.73 Å². The van der Waals surface area contributed by atoms with Crippen molar-refractivity contribution < 1.29 is 4.74 Å². The zero-order valence-electron chi connectivity index (χ0n) is 11.0. The fourth-order valence-electron chi connectivity index (χ4n) is 2.36. The van der Waals surface area contributed by atoms with Crippen LogP contribution in [0.15, 0.2) is 6.20 Å². The zero-order chi connectivity index (χ0) is 12.3. The lowest BCUT2D eigenvalue weighted by molar-refractivity contribution is 0.0325. The molecule has 0 atom stereocenters. The standard InChI is InChI=1S/C12H21N3OS.ClH/c1-12(9-16-2)3-5-15(6-4-12)8-10-7-14-11(13)17-10;/h7H,3-6,8-9H2,1-2H3,(H2,13,14);1H. The van der Waals surface area contributed by atoms with Crippen molar-refractivity contribution in [3.05, 3.63) is 11.1 Å². The Labute approximate surface area is 119 Å². The molecule has 0 aromatic carbocycles. The second-order valence-corrected chi connectivity index (χ2v) is 6.33. The molecule has 0 bridgehead atoms. The van der Waals surface area contributed by atoms with Crippen molar-refractivity contribution in [3.63, 3.8) is 0 Å². The van der Waals surface area contributed by atoms with Crippen molar-refractivity contribution >= 4 is 28.9 Å². The average Bonchev–Trinajstić information content (AvgIpc) is 2.68. The molecule has 2 rings (SSSR count). The minimum atomic E-state index is 0. The van der Waals surface area contributed by atoms with E-state index in [9.17, 15) is 0 Å². The van der Waals surface area contributed by atoms with Gasteiger partial charge in [0.15, 0.2) is 5.13 Å². The molecule has 0 aliphatic carbocycles. The van der Waals surface area contributed by atoms with E-state index < -0.39 is 0 Å². The monoisotopic (exact) mass is 291 g/mol. The van der Waals surface area contributed by atoms with Crippen LogP contribution in [0.25, 0.3) is 0 Å². The lowest BCUT2D eigenvalue weighted by Gasteiger charge is -2.38. The van der Waals surface area contributed by atoms with Crippen LogP contribution in [-0.2, 0) is 11.3 Å². The highest BCUT2D eigenvalue weighted by Gasteiger charge is 2.30. The molecule has 1 fully saturated rings. The Morgan fingerprint density at radius 2 is 2.17 bits per heavy atom. The average molecular weight is 292 g/mol. The molecule has 6 heteroatoms. The van der Waals surface area contributed by atoms with E-state index in [1.807, 2.05) is 6.20 Å². The molecule has 4 nitrogen and oxygen atoms in total. The van der Waals surface area contributed by atoms with Gasteiger partial charge in [0.05, 0.1) is 6.61 Å². The van der Waals surface area contributed by atoms with E-state index in [0.717, 1.165) is 26.2 Å². The van der Waals surface area contributed by atoms with Gasteiger partial charge in [-0.2, -0.15) is 0 Å². The summed E-state index contributed by atoms with van der Waals surface area (Å²) in [7, 11) is 1.79. The van der Waals surface area contributed by atoms with Gasteiger partial charge in [-0.15, -0.1) is 23.7 Å². The molecule has 0 unspecified atom stereocenters. The summed E-state index contributed by atoms with van der Waals surface area (Å²) in [6.45, 7) is 6.44. The number of ether oxygens (including phenoxy) is 1. The second kappa shape index (κ2) is 6.70. The van der Waals surface area contributed by atoms with Gasteiger partial charge in [0.25, 0.3) is 0 Å². The molecule has 2 heterocycles. The fraction of sp³-hybridized carbons (Fsp3) is 0.750. The van der Waals surface area contributed by atoms with Crippen LogP contribution in [0.5, 0.6) is 0 Å². The molecule has 1 aliphatic rings. The Bertz CT molecular complexity index is 364. The molecule has 18 heavy (non-hydrogen) atoms. The highest BCUT2D eigenvalue weighted by molar-refractivity contribution is 7.15. The van der Waals surface area contributed by atoms with Gasteiger partial charge in [0, 0.05) is 24.7 Å². The smallest absolute Gasteiger partial charge is 0.180 e. The molecule has 1 saturated heterocycles. The number of piperidine rings is 1. The molecular weight excluding hydrogens is 270 g/mol. The van der Waals surface area contributed by atoms with Crippen LogP contribution >= 0.6 is 23.7 Å². The number of nitrogen functional groups attached to an aromatic ring is 1. The van der Waals surface area contributed by atoms with Crippen molar-refractivity contribution in [2.45, 2.75) is 26.3 Å². The number of rotatable bonds is 4. The number of hydrogen-bond donors (Lipinski definition) is 1. The number of halogens is 1. The van der Waals surface area contributed by atoms with Crippen molar-refractivity contribution in [2.75, 3.05) is 32.5 Å². The second-order valence-electron chi connectivity index (χ2n) is 5.18. The van der Waals surface area contributed by atoms with Gasteiger partial charge in [-0.3, -0.25) is 4.90 Å². The summed E-state index contributed by atoms with van der Waals surface area (Å²) in [5.41, 5.74) is 6.00. The van der Waals surface area contributed by atoms with Crippen LogP contribution in [0.2, 0.25) is 0 Å². The number of thiazole rings is 1. The first-order valence-corrected chi connectivity index (χ1v) is 6.84. The van der Waals surface area contributed by atoms with E-state index >= 15 is 0 Å². The summed E-state index contributed by atoms with van der Waals surface area (Å²) < 4.78 is 5.30. The van der Waals surface area contributed by atoms with E-state index in [0.29, 0.717) is 10.5 Å². The highest BCUT2D eigenvalue weighted by atomic mass is 35.5. The van der Waals surface area contributed by atoms with Gasteiger partial charge in [-0.05, 0) is 31.3 Å². The number of methoxy groups -OCH3 is 1. The lowest BCUT2D eigenvalue weighted by Crippen LogP contribution is -2.40. The molecule has 1 aromatic rings. The Morgan fingerprint density at radius 3 is 2.67 bits per heavy atom. The summed E-state index contributed by atoms with van der Waals surface area (Å²) in [4.78, 5) is 7.83. The first kappa shape index (κ1) is 15.7. The van der Waals surface area contributed by atoms with Gasteiger partial charge in [-0.25, -0.2) is 4.98 Å². The summed E-state index contributed by atoms with van der Waals surface area (Å²) >= 11 is 1.59. The maximum Gasteiger partial charge on any atom is 0.180 e. The van der Waals surface area contributed by atoms with Gasteiger partial charge in [-0.1, -0.05) is 6.92 Å². The van der Waals surface area contributed by atoms with Crippen molar-refractivity contribution in [3.8, 4) is 0 Å². The third-order valence-electron chi connectivity index (χ3n) is 3.51. The van der Waals surface area contributed by atoms with Crippen LogP contribution in [0.3, 0.4) is 0 Å². The number of hydrogen-bond acceptors (Lipinski definition) is 5. The van der Waals surface area contributed by atoms with E-state index in [-0.39, 0.29) is 12.4 Å². The zero-order valence-corrected chi connectivity index (χ0v) is 12.6. The Kier molecular flexibility index (Phi) is 5.85. The minimum Gasteiger partial charge on any atom is -0.384 e. The lowest BCUT2D eigenvalue weighted by atomic mass is 9.81. The largest absolute Gasteiger partial charge is 0.384 e. The highest BCUT2D eigenvalue weighted by Crippen LogP contribution is 2.32. The van der Waals surface area contributed by atoms with Crippen LogP contribution in [-0.4, -0.2) is 36.7 Å². The first-order valence-electron chi connectivity index (χ1n) is 6.03. The number of nitrogens with zero attached hydrogens (tertiary/aromatic N) is 2. The van der Waals surface area contributed by atoms with Gasteiger partial charge >= 0.3 is 0 Å². The maximum atomic E-state index is 5.64. The Balaban J connectivity index is 0.00000162. The van der Waals surface area contributed by atoms with E-state index in [1.54, 1.807) is 18.4 Å². The molecule has 2 N–H and O–H groups in total. The van der Waals surface area contributed by atoms with E-state index in [2.05, 4.69) is 16.8 Å². The SMILES string of the molecule is COCC1(C)CCN(Cc2cnc(N)s2)CC1.Cl. The van der Waals surface area contributed by atoms with Crippen LogP contribution in [0.1, 0.15) is 24.6 Å². The summed E-state index contributed by atoms with van der Waals surface area (Å²) in [5, 5.41) is 0.668. The summed E-state index contributed by atoms with van der Waals surface area (Å²) in [6.07, 6.45) is 4.30. The van der Waals surface area contributed by atoms with Crippen molar-refractivity contribution in [1.82, 2.24) is 9.88 Å². The summed E-state index contributed by atoms with van der Waals surface area (Å²) in [6, 6.07) is 0. The van der Waals surface area contributed by atoms with E-state index in [4.69, 9.17) is 10.5 Å². The number of nitrogens with two attached hydrogens (primary N) is 1. The van der Waals surface area contributed by atoms with Crippen LogP contribution in [0, 0.1) is 5.41 Å². The van der Waals surface area contributed by atoms with Crippen molar-refractivity contribution in [2.24, 2.45) is 5.41 Å². The molecular formula is C12H22ClN3OS. The quantitative estimate of drug-likeness (QED) is 0.925. The van der Waals surface area contributed by atoms with Gasteiger partial charge in [0.1, 0.15) is 0 Å². The Hall–Kier alpha value is -0.360. The third kappa shape index (κ3) is 4.09. The number of aromatic nitrogens is 1. The van der Waals surface area contributed by atoms with E-state index in [1.165, 1.54) is 17.7 Å². The predicted octanol–water partition coefficient (Wildman–Crippen LogP) is 2.40.